The molecule has 6 nitrogen and oxygen atoms in total. The highest BCUT2D eigenvalue weighted by Gasteiger charge is 2.12. The summed E-state index contributed by atoms with van der Waals surface area (Å²) in [6, 6.07) is 7.34. The number of carbonyl (C=O) groups excluding carboxylic acids is 1. The number of hydrazone groups is 1. The van der Waals surface area contributed by atoms with Crippen molar-refractivity contribution < 1.29 is 14.3 Å². The van der Waals surface area contributed by atoms with Gasteiger partial charge < -0.3 is 9.47 Å². The van der Waals surface area contributed by atoms with Crippen molar-refractivity contribution in [3.63, 3.8) is 0 Å². The summed E-state index contributed by atoms with van der Waals surface area (Å²) in [5, 5.41) is 4.05. The minimum absolute atomic E-state index is 0.249. The number of hydrogen-bond acceptors (Lipinski definition) is 5. The van der Waals surface area contributed by atoms with E-state index in [1.165, 1.54) is 6.20 Å². The summed E-state index contributed by atoms with van der Waals surface area (Å²) in [5.74, 6) is 1.15. The molecule has 1 aliphatic rings. The third-order valence-electron chi connectivity index (χ3n) is 3.21. The topological polar surface area (TPSA) is 72.8 Å². The van der Waals surface area contributed by atoms with E-state index in [4.69, 9.17) is 9.47 Å². The van der Waals surface area contributed by atoms with Crippen molar-refractivity contribution >= 4 is 33.6 Å². The molecule has 0 aliphatic carbocycles. The third kappa shape index (κ3) is 3.99. The second-order valence-electron chi connectivity index (χ2n) is 5.03. The van der Waals surface area contributed by atoms with Crippen LogP contribution in [-0.2, 0) is 0 Å². The third-order valence-corrected chi connectivity index (χ3v) is 3.65. The first kappa shape index (κ1) is 16.2. The average molecular weight is 388 g/mol. The van der Waals surface area contributed by atoms with E-state index in [1.807, 2.05) is 24.3 Å². The largest absolute Gasteiger partial charge is 0.454 e. The van der Waals surface area contributed by atoms with E-state index in [-0.39, 0.29) is 12.7 Å². The lowest BCUT2D eigenvalue weighted by molar-refractivity contribution is 0.0954. The van der Waals surface area contributed by atoms with Gasteiger partial charge in [-0.2, -0.15) is 5.10 Å². The maximum Gasteiger partial charge on any atom is 0.272 e. The first-order valence-corrected chi connectivity index (χ1v) is 7.94. The van der Waals surface area contributed by atoms with Gasteiger partial charge in [-0.15, -0.1) is 0 Å². The molecule has 122 valence electrons. The molecule has 1 aromatic heterocycles. The summed E-state index contributed by atoms with van der Waals surface area (Å²) in [4.78, 5) is 15.9. The minimum Gasteiger partial charge on any atom is -0.454 e. The standard InChI is InChI=1S/C17H14BrN3O3/c1-11(20-21-17(22)13-7-14(18)9-19-8-13)2-3-12-4-5-15-16(6-12)24-10-23-15/h2-9H,10H2,1H3,(H,21,22)/b3-2-,20-11+. The summed E-state index contributed by atoms with van der Waals surface area (Å²) >= 11 is 3.27. The average Bonchev–Trinajstić information content (AvgIpc) is 3.05. The number of benzene rings is 1. The quantitative estimate of drug-likeness (QED) is 0.644. The van der Waals surface area contributed by atoms with Gasteiger partial charge in [-0.25, -0.2) is 5.43 Å². The van der Waals surface area contributed by atoms with Crippen molar-refractivity contribution in [2.24, 2.45) is 5.10 Å². The molecule has 0 atom stereocenters. The van der Waals surface area contributed by atoms with Gasteiger partial charge in [-0.3, -0.25) is 9.78 Å². The Kier molecular flexibility index (Phi) is 4.90. The van der Waals surface area contributed by atoms with Crippen LogP contribution in [0.1, 0.15) is 22.8 Å². The Morgan fingerprint density at radius 1 is 1.29 bits per heavy atom. The molecule has 7 heteroatoms. The first-order valence-electron chi connectivity index (χ1n) is 7.15. The van der Waals surface area contributed by atoms with Crippen LogP contribution in [0, 0.1) is 0 Å². The predicted molar refractivity (Wildman–Crippen MR) is 94.1 cm³/mol. The van der Waals surface area contributed by atoms with Crippen LogP contribution in [0.15, 0.2) is 52.3 Å². The number of pyridine rings is 1. The van der Waals surface area contributed by atoms with Crippen LogP contribution in [0.4, 0.5) is 0 Å². The molecule has 0 fully saturated rings. The SMILES string of the molecule is CC(/C=C\c1ccc2c(c1)OCO2)=N\NC(=O)c1cncc(Br)c1. The number of allylic oxidation sites excluding steroid dienone is 1. The zero-order valence-electron chi connectivity index (χ0n) is 12.8. The van der Waals surface area contributed by atoms with Gasteiger partial charge in [-0.05, 0) is 52.7 Å². The van der Waals surface area contributed by atoms with Gasteiger partial charge >= 0.3 is 0 Å². The molecule has 2 heterocycles. The van der Waals surface area contributed by atoms with Crippen LogP contribution in [0.3, 0.4) is 0 Å². The number of aromatic nitrogens is 1. The molecule has 0 bridgehead atoms. The summed E-state index contributed by atoms with van der Waals surface area (Å²) < 4.78 is 11.3. The number of carbonyl (C=O) groups is 1. The zero-order valence-corrected chi connectivity index (χ0v) is 14.4. The Morgan fingerprint density at radius 3 is 2.96 bits per heavy atom. The second kappa shape index (κ2) is 7.27. The number of fused-ring (bicyclic) bond motifs is 1. The highest BCUT2D eigenvalue weighted by atomic mass is 79.9. The Balaban J connectivity index is 1.62. The number of hydrogen-bond donors (Lipinski definition) is 1. The molecule has 0 saturated heterocycles. The van der Waals surface area contributed by atoms with Crippen molar-refractivity contribution in [3.05, 3.63) is 58.3 Å². The molecule has 1 aromatic carbocycles. The number of nitrogens with one attached hydrogen (secondary N) is 1. The maximum atomic E-state index is 12.0. The monoisotopic (exact) mass is 387 g/mol. The molecule has 24 heavy (non-hydrogen) atoms. The van der Waals surface area contributed by atoms with Gasteiger partial charge in [0, 0.05) is 16.9 Å². The van der Waals surface area contributed by atoms with E-state index in [9.17, 15) is 4.79 Å². The van der Waals surface area contributed by atoms with Crippen molar-refractivity contribution in [2.75, 3.05) is 6.79 Å². The molecule has 2 aromatic rings. The number of nitrogens with zero attached hydrogens (tertiary/aromatic N) is 2. The number of ether oxygens (including phenoxy) is 2. The van der Waals surface area contributed by atoms with Gasteiger partial charge in [-0.1, -0.05) is 12.1 Å². The molecule has 1 aliphatic heterocycles. The number of rotatable bonds is 4. The summed E-state index contributed by atoms with van der Waals surface area (Å²) in [6.07, 6.45) is 6.78. The van der Waals surface area contributed by atoms with Crippen molar-refractivity contribution in [2.45, 2.75) is 6.92 Å². The summed E-state index contributed by atoms with van der Waals surface area (Å²) in [6.45, 7) is 2.04. The molecule has 3 rings (SSSR count). The summed E-state index contributed by atoms with van der Waals surface area (Å²) in [5.41, 5.74) is 4.54. The predicted octanol–water partition coefficient (Wildman–Crippen LogP) is 3.39. The molecular formula is C17H14BrN3O3. The molecular weight excluding hydrogens is 374 g/mol. The summed E-state index contributed by atoms with van der Waals surface area (Å²) in [7, 11) is 0. The van der Waals surface area contributed by atoms with Crippen LogP contribution < -0.4 is 14.9 Å². The fraction of sp³-hybridized carbons (Fsp3) is 0.118. The van der Waals surface area contributed by atoms with E-state index in [0.29, 0.717) is 11.3 Å². The Labute approximate surface area is 147 Å². The van der Waals surface area contributed by atoms with Gasteiger partial charge in [0.2, 0.25) is 6.79 Å². The molecule has 1 amide bonds. The Bertz CT molecular complexity index is 834. The highest BCUT2D eigenvalue weighted by molar-refractivity contribution is 9.10. The lowest BCUT2D eigenvalue weighted by Crippen LogP contribution is -2.18. The van der Waals surface area contributed by atoms with E-state index < -0.39 is 0 Å². The van der Waals surface area contributed by atoms with E-state index in [0.717, 1.165) is 21.5 Å². The van der Waals surface area contributed by atoms with E-state index in [1.54, 1.807) is 25.3 Å². The molecule has 1 N–H and O–H groups in total. The van der Waals surface area contributed by atoms with Gasteiger partial charge in [0.15, 0.2) is 11.5 Å². The minimum atomic E-state index is -0.320. The molecule has 0 spiro atoms. The van der Waals surface area contributed by atoms with E-state index >= 15 is 0 Å². The van der Waals surface area contributed by atoms with Crippen molar-refractivity contribution in [1.29, 1.82) is 0 Å². The fourth-order valence-corrected chi connectivity index (χ4v) is 2.38. The van der Waals surface area contributed by atoms with Crippen molar-refractivity contribution in [3.8, 4) is 11.5 Å². The lowest BCUT2D eigenvalue weighted by atomic mass is 10.2. The van der Waals surface area contributed by atoms with Gasteiger partial charge in [0.1, 0.15) is 0 Å². The lowest BCUT2D eigenvalue weighted by Gasteiger charge is -2.01. The maximum absolute atomic E-state index is 12.0. The van der Waals surface area contributed by atoms with Gasteiger partial charge in [0.25, 0.3) is 5.91 Å². The van der Waals surface area contributed by atoms with Crippen LogP contribution >= 0.6 is 15.9 Å². The van der Waals surface area contributed by atoms with Crippen LogP contribution in [-0.4, -0.2) is 23.4 Å². The Morgan fingerprint density at radius 2 is 2.12 bits per heavy atom. The van der Waals surface area contributed by atoms with E-state index in [2.05, 4.69) is 31.4 Å². The normalized spacial score (nSPS) is 13.3. The fourth-order valence-electron chi connectivity index (χ4n) is 2.01. The molecule has 0 radical (unpaired) electrons. The zero-order chi connectivity index (χ0) is 16.9. The van der Waals surface area contributed by atoms with Crippen LogP contribution in [0.2, 0.25) is 0 Å². The second-order valence-corrected chi connectivity index (χ2v) is 5.95. The smallest absolute Gasteiger partial charge is 0.272 e. The molecule has 0 unspecified atom stereocenters. The first-order chi connectivity index (χ1) is 11.6. The number of amides is 1. The van der Waals surface area contributed by atoms with Crippen LogP contribution in [0.25, 0.3) is 6.08 Å². The van der Waals surface area contributed by atoms with Crippen molar-refractivity contribution in [1.82, 2.24) is 10.4 Å². The highest BCUT2D eigenvalue weighted by Crippen LogP contribution is 2.32. The Hall–Kier alpha value is -2.67. The van der Waals surface area contributed by atoms with Gasteiger partial charge in [0.05, 0.1) is 11.3 Å². The molecule has 0 saturated carbocycles. The number of halogens is 1. The van der Waals surface area contributed by atoms with Crippen LogP contribution in [0.5, 0.6) is 11.5 Å².